The molecule has 1 fully saturated rings. The molecule has 0 saturated carbocycles. The van der Waals surface area contributed by atoms with Gasteiger partial charge in [-0.1, -0.05) is 0 Å². The van der Waals surface area contributed by atoms with Gasteiger partial charge in [-0.3, -0.25) is 9.59 Å². The van der Waals surface area contributed by atoms with E-state index < -0.39 is 48.0 Å². The lowest BCUT2D eigenvalue weighted by molar-refractivity contribution is -0.143. The second kappa shape index (κ2) is 7.72. The van der Waals surface area contributed by atoms with Crippen molar-refractivity contribution < 1.29 is 31.5 Å². The maximum atomic E-state index is 13.3. The van der Waals surface area contributed by atoms with Gasteiger partial charge in [0.25, 0.3) is 0 Å². The first-order valence-corrected chi connectivity index (χ1v) is 7.66. The van der Waals surface area contributed by atoms with Crippen molar-refractivity contribution in [3.63, 3.8) is 0 Å². The first-order valence-electron chi connectivity index (χ1n) is 7.66. The Hall–Kier alpha value is -2.63. The molecule has 1 saturated heterocycles. The van der Waals surface area contributed by atoms with Crippen molar-refractivity contribution in [2.24, 2.45) is 5.92 Å². The number of alkyl halides is 3. The number of nitrogens with zero attached hydrogens (tertiary/aromatic N) is 1. The number of carbonyl (C=O) groups excluding carboxylic acids is 2. The lowest BCUT2D eigenvalue weighted by Crippen LogP contribution is -2.42. The fourth-order valence-corrected chi connectivity index (χ4v) is 2.70. The number of hydrogen-bond acceptors (Lipinski definition) is 2. The van der Waals surface area contributed by atoms with Crippen molar-refractivity contribution >= 4 is 17.5 Å². The maximum Gasteiger partial charge on any atom is 0.391 e. The summed E-state index contributed by atoms with van der Waals surface area (Å²) in [7, 11) is 0. The standard InChI is InChI=1S/C17H15F5N2O2/c1-2-3-11(8-17(20,21)22)23-16(26)10-6-15(25)24(9-10)12-4-5-13(18)14(19)7-12/h1,4-5,7,10-11H,3,6,8-9H2,(H,23,26)/t10-,11-/m1/s1. The molecular weight excluding hydrogens is 359 g/mol. The van der Waals surface area contributed by atoms with Crippen molar-refractivity contribution in [1.82, 2.24) is 5.32 Å². The SMILES string of the molecule is C#CC[C@H](CC(F)(F)F)NC(=O)[C@@H]1CC(=O)N(c2ccc(F)c(F)c2)C1. The Morgan fingerprint density at radius 3 is 2.62 bits per heavy atom. The van der Waals surface area contributed by atoms with Gasteiger partial charge in [-0.15, -0.1) is 12.3 Å². The summed E-state index contributed by atoms with van der Waals surface area (Å²) >= 11 is 0. The lowest BCUT2D eigenvalue weighted by Gasteiger charge is -2.21. The quantitative estimate of drug-likeness (QED) is 0.637. The Kier molecular flexibility index (Phi) is 5.85. The molecule has 1 aromatic rings. The summed E-state index contributed by atoms with van der Waals surface area (Å²) in [6.07, 6.45) is -1.31. The van der Waals surface area contributed by atoms with Crippen LogP contribution in [0.25, 0.3) is 0 Å². The van der Waals surface area contributed by atoms with Crippen molar-refractivity contribution in [1.29, 1.82) is 0 Å². The van der Waals surface area contributed by atoms with E-state index in [-0.39, 0.29) is 25.1 Å². The third-order valence-corrected chi connectivity index (χ3v) is 3.90. The normalized spacial score (nSPS) is 18.5. The van der Waals surface area contributed by atoms with Crippen LogP contribution >= 0.6 is 0 Å². The largest absolute Gasteiger partial charge is 0.391 e. The highest BCUT2D eigenvalue weighted by atomic mass is 19.4. The van der Waals surface area contributed by atoms with Crippen LogP contribution in [0.3, 0.4) is 0 Å². The maximum absolute atomic E-state index is 13.3. The van der Waals surface area contributed by atoms with Gasteiger partial charge in [0.1, 0.15) is 0 Å². The van der Waals surface area contributed by atoms with Crippen molar-refractivity contribution in [2.45, 2.75) is 31.5 Å². The topological polar surface area (TPSA) is 49.4 Å². The zero-order valence-electron chi connectivity index (χ0n) is 13.4. The molecule has 0 bridgehead atoms. The number of hydrogen-bond donors (Lipinski definition) is 1. The lowest BCUT2D eigenvalue weighted by atomic mass is 10.1. The molecule has 0 radical (unpaired) electrons. The minimum Gasteiger partial charge on any atom is -0.352 e. The molecule has 1 aromatic carbocycles. The highest BCUT2D eigenvalue weighted by Gasteiger charge is 2.38. The van der Waals surface area contributed by atoms with Gasteiger partial charge in [-0.05, 0) is 12.1 Å². The van der Waals surface area contributed by atoms with Crippen LogP contribution in [0.2, 0.25) is 0 Å². The molecule has 0 unspecified atom stereocenters. The Morgan fingerprint density at radius 1 is 1.35 bits per heavy atom. The predicted molar refractivity (Wildman–Crippen MR) is 82.9 cm³/mol. The average Bonchev–Trinajstić information content (AvgIpc) is 2.91. The van der Waals surface area contributed by atoms with E-state index in [9.17, 15) is 31.5 Å². The summed E-state index contributed by atoms with van der Waals surface area (Å²) in [6, 6.07) is 1.55. The number of benzene rings is 1. The number of terminal acetylenes is 1. The summed E-state index contributed by atoms with van der Waals surface area (Å²) in [5, 5.41) is 2.22. The van der Waals surface area contributed by atoms with Gasteiger partial charge >= 0.3 is 6.18 Å². The Labute approximate surface area is 146 Å². The second-order valence-corrected chi connectivity index (χ2v) is 5.94. The highest BCUT2D eigenvalue weighted by Crippen LogP contribution is 2.27. The van der Waals surface area contributed by atoms with E-state index in [4.69, 9.17) is 6.42 Å². The van der Waals surface area contributed by atoms with E-state index in [2.05, 4.69) is 11.2 Å². The number of nitrogens with one attached hydrogen (secondary N) is 1. The molecule has 2 amide bonds. The van der Waals surface area contributed by atoms with Crippen LogP contribution in [-0.4, -0.2) is 30.6 Å². The predicted octanol–water partition coefficient (Wildman–Crippen LogP) is 2.78. The summed E-state index contributed by atoms with van der Waals surface area (Å²) in [5.41, 5.74) is 0.0691. The van der Waals surface area contributed by atoms with Crippen LogP contribution in [0.1, 0.15) is 19.3 Å². The van der Waals surface area contributed by atoms with Gasteiger partial charge in [0, 0.05) is 37.2 Å². The monoisotopic (exact) mass is 374 g/mol. The Balaban J connectivity index is 2.05. The fourth-order valence-electron chi connectivity index (χ4n) is 2.70. The first-order chi connectivity index (χ1) is 12.1. The van der Waals surface area contributed by atoms with Crippen LogP contribution in [-0.2, 0) is 9.59 Å². The third kappa shape index (κ3) is 4.94. The van der Waals surface area contributed by atoms with Gasteiger partial charge in [0.2, 0.25) is 11.8 Å². The average molecular weight is 374 g/mol. The van der Waals surface area contributed by atoms with E-state index in [1.54, 1.807) is 0 Å². The molecule has 1 aliphatic heterocycles. The number of halogens is 5. The molecule has 9 heteroatoms. The summed E-state index contributed by atoms with van der Waals surface area (Å²) in [4.78, 5) is 25.3. The Morgan fingerprint density at radius 2 is 2.04 bits per heavy atom. The molecule has 26 heavy (non-hydrogen) atoms. The zero-order chi connectivity index (χ0) is 19.5. The van der Waals surface area contributed by atoms with Crippen LogP contribution in [0.15, 0.2) is 18.2 Å². The van der Waals surface area contributed by atoms with Crippen LogP contribution < -0.4 is 10.2 Å². The molecule has 2 rings (SSSR count). The zero-order valence-corrected chi connectivity index (χ0v) is 13.4. The van der Waals surface area contributed by atoms with Gasteiger partial charge in [-0.2, -0.15) is 13.2 Å². The first kappa shape index (κ1) is 19.7. The van der Waals surface area contributed by atoms with E-state index in [0.29, 0.717) is 0 Å². The second-order valence-electron chi connectivity index (χ2n) is 5.94. The number of amides is 2. The summed E-state index contributed by atoms with van der Waals surface area (Å²) in [6.45, 7) is -0.148. The molecule has 1 heterocycles. The Bertz CT molecular complexity index is 742. The third-order valence-electron chi connectivity index (χ3n) is 3.90. The molecule has 1 aliphatic rings. The van der Waals surface area contributed by atoms with Crippen molar-refractivity contribution in [2.75, 3.05) is 11.4 Å². The van der Waals surface area contributed by atoms with Gasteiger partial charge in [0.15, 0.2) is 11.6 Å². The van der Waals surface area contributed by atoms with Crippen molar-refractivity contribution in [3.05, 3.63) is 29.8 Å². The molecule has 1 N–H and O–H groups in total. The molecule has 140 valence electrons. The van der Waals surface area contributed by atoms with E-state index in [1.807, 2.05) is 0 Å². The smallest absolute Gasteiger partial charge is 0.352 e. The van der Waals surface area contributed by atoms with E-state index in [0.717, 1.165) is 17.0 Å². The fraction of sp³-hybridized carbons (Fsp3) is 0.412. The van der Waals surface area contributed by atoms with Gasteiger partial charge in [0.05, 0.1) is 12.3 Å². The van der Waals surface area contributed by atoms with E-state index >= 15 is 0 Å². The molecule has 2 atom stereocenters. The van der Waals surface area contributed by atoms with Gasteiger partial charge in [-0.25, -0.2) is 8.78 Å². The molecular formula is C17H15F5N2O2. The molecule has 4 nitrogen and oxygen atoms in total. The van der Waals surface area contributed by atoms with E-state index in [1.165, 1.54) is 6.07 Å². The van der Waals surface area contributed by atoms with Crippen LogP contribution in [0.5, 0.6) is 0 Å². The molecule has 0 aliphatic carbocycles. The van der Waals surface area contributed by atoms with Crippen LogP contribution in [0, 0.1) is 29.9 Å². The highest BCUT2D eigenvalue weighted by molar-refractivity contribution is 6.00. The number of rotatable bonds is 5. The number of anilines is 1. The minimum absolute atomic E-state index is 0.0691. The minimum atomic E-state index is -4.50. The summed E-state index contributed by atoms with van der Waals surface area (Å²) < 4.78 is 63.9. The molecule has 0 spiro atoms. The van der Waals surface area contributed by atoms with Crippen LogP contribution in [0.4, 0.5) is 27.6 Å². The molecule has 0 aromatic heterocycles. The summed E-state index contributed by atoms with van der Waals surface area (Å²) in [5.74, 6) is -2.33. The van der Waals surface area contributed by atoms with Crippen molar-refractivity contribution in [3.8, 4) is 12.3 Å². The van der Waals surface area contributed by atoms with Gasteiger partial charge < -0.3 is 10.2 Å². The number of carbonyl (C=O) groups is 2.